The van der Waals surface area contributed by atoms with Gasteiger partial charge in [0.1, 0.15) is 6.61 Å². The van der Waals surface area contributed by atoms with Crippen molar-refractivity contribution in [1.82, 2.24) is 4.98 Å². The zero-order chi connectivity index (χ0) is 11.1. The van der Waals surface area contributed by atoms with E-state index in [1.807, 2.05) is 48.6 Å². The molecular formula is C14H13NO. The van der Waals surface area contributed by atoms with Crippen LogP contribution in [-0.2, 0) is 0 Å². The van der Waals surface area contributed by atoms with E-state index < -0.39 is 0 Å². The molecule has 0 bridgehead atoms. The fourth-order valence-electron chi connectivity index (χ4n) is 1.31. The Kier molecular flexibility index (Phi) is 3.72. The quantitative estimate of drug-likeness (QED) is 0.775. The summed E-state index contributed by atoms with van der Waals surface area (Å²) in [6, 6.07) is 15.8. The first-order valence-electron chi connectivity index (χ1n) is 5.20. The van der Waals surface area contributed by atoms with Crippen LogP contribution in [0.4, 0.5) is 0 Å². The Bertz CT molecular complexity index is 437. The van der Waals surface area contributed by atoms with Crippen LogP contribution in [0, 0.1) is 0 Å². The Hall–Kier alpha value is -2.09. The van der Waals surface area contributed by atoms with Crippen molar-refractivity contribution in [2.24, 2.45) is 0 Å². The SMILES string of the molecule is C(=Cc1ccccc1)COc1ccccn1. The van der Waals surface area contributed by atoms with Gasteiger partial charge >= 0.3 is 0 Å². The van der Waals surface area contributed by atoms with Crippen molar-refractivity contribution >= 4 is 6.08 Å². The van der Waals surface area contributed by atoms with Crippen molar-refractivity contribution in [3.63, 3.8) is 0 Å². The van der Waals surface area contributed by atoms with Gasteiger partial charge in [-0.25, -0.2) is 4.98 Å². The number of hydrogen-bond donors (Lipinski definition) is 0. The van der Waals surface area contributed by atoms with Crippen molar-refractivity contribution in [2.75, 3.05) is 6.61 Å². The van der Waals surface area contributed by atoms with E-state index in [1.54, 1.807) is 6.20 Å². The fourth-order valence-corrected chi connectivity index (χ4v) is 1.31. The van der Waals surface area contributed by atoms with E-state index in [0.717, 1.165) is 0 Å². The molecule has 1 heterocycles. The van der Waals surface area contributed by atoms with Crippen molar-refractivity contribution < 1.29 is 4.74 Å². The summed E-state index contributed by atoms with van der Waals surface area (Å²) in [4.78, 5) is 4.07. The van der Waals surface area contributed by atoms with Crippen LogP contribution >= 0.6 is 0 Å². The molecule has 2 aromatic rings. The first kappa shape index (κ1) is 10.4. The summed E-state index contributed by atoms with van der Waals surface area (Å²) in [5.74, 6) is 0.653. The van der Waals surface area contributed by atoms with Crippen LogP contribution in [0.1, 0.15) is 5.56 Å². The summed E-state index contributed by atoms with van der Waals surface area (Å²) in [5.41, 5.74) is 1.17. The van der Waals surface area contributed by atoms with E-state index in [-0.39, 0.29) is 0 Å². The number of ether oxygens (including phenoxy) is 1. The molecule has 0 aliphatic carbocycles. The average molecular weight is 211 g/mol. The normalized spacial score (nSPS) is 10.5. The Morgan fingerprint density at radius 3 is 2.56 bits per heavy atom. The lowest BCUT2D eigenvalue weighted by Crippen LogP contribution is -1.94. The molecule has 0 unspecified atom stereocenters. The largest absolute Gasteiger partial charge is 0.473 e. The maximum atomic E-state index is 5.43. The highest BCUT2D eigenvalue weighted by atomic mass is 16.5. The van der Waals surface area contributed by atoms with Gasteiger partial charge in [0.05, 0.1) is 0 Å². The summed E-state index contributed by atoms with van der Waals surface area (Å²) in [6.07, 6.45) is 5.73. The van der Waals surface area contributed by atoms with E-state index in [9.17, 15) is 0 Å². The van der Waals surface area contributed by atoms with Gasteiger partial charge in [-0.15, -0.1) is 0 Å². The van der Waals surface area contributed by atoms with E-state index in [2.05, 4.69) is 17.1 Å². The number of rotatable bonds is 4. The molecule has 1 aromatic carbocycles. The Balaban J connectivity index is 1.83. The molecule has 0 fully saturated rings. The van der Waals surface area contributed by atoms with Gasteiger partial charge in [-0.3, -0.25) is 0 Å². The maximum Gasteiger partial charge on any atom is 0.213 e. The van der Waals surface area contributed by atoms with Crippen molar-refractivity contribution in [2.45, 2.75) is 0 Å². The summed E-state index contributed by atoms with van der Waals surface area (Å²) in [6.45, 7) is 0.534. The van der Waals surface area contributed by atoms with Crippen molar-refractivity contribution in [1.29, 1.82) is 0 Å². The lowest BCUT2D eigenvalue weighted by molar-refractivity contribution is 0.349. The summed E-state index contributed by atoms with van der Waals surface area (Å²) >= 11 is 0. The fraction of sp³-hybridized carbons (Fsp3) is 0.0714. The average Bonchev–Trinajstić information content (AvgIpc) is 2.37. The molecule has 1 aromatic heterocycles. The summed E-state index contributed by atoms with van der Waals surface area (Å²) < 4.78 is 5.43. The molecule has 0 aliphatic rings. The third-order valence-electron chi connectivity index (χ3n) is 2.08. The van der Waals surface area contributed by atoms with E-state index in [1.165, 1.54) is 5.56 Å². The van der Waals surface area contributed by atoms with Gasteiger partial charge < -0.3 is 4.74 Å². The summed E-state index contributed by atoms with van der Waals surface area (Å²) in [7, 11) is 0. The molecule has 80 valence electrons. The van der Waals surface area contributed by atoms with E-state index in [0.29, 0.717) is 12.5 Å². The van der Waals surface area contributed by atoms with Crippen LogP contribution in [0.3, 0.4) is 0 Å². The zero-order valence-corrected chi connectivity index (χ0v) is 8.91. The highest BCUT2D eigenvalue weighted by molar-refractivity contribution is 5.48. The van der Waals surface area contributed by atoms with Gasteiger partial charge in [0, 0.05) is 12.3 Å². The van der Waals surface area contributed by atoms with E-state index >= 15 is 0 Å². The monoisotopic (exact) mass is 211 g/mol. The van der Waals surface area contributed by atoms with Gasteiger partial charge in [0.2, 0.25) is 5.88 Å². The van der Waals surface area contributed by atoms with Crippen molar-refractivity contribution in [3.05, 3.63) is 66.4 Å². The molecule has 16 heavy (non-hydrogen) atoms. The van der Waals surface area contributed by atoms with Crippen LogP contribution in [0.25, 0.3) is 6.08 Å². The highest BCUT2D eigenvalue weighted by Gasteiger charge is 1.89. The van der Waals surface area contributed by atoms with Gasteiger partial charge in [-0.05, 0) is 17.7 Å². The van der Waals surface area contributed by atoms with E-state index in [4.69, 9.17) is 4.74 Å². The molecule has 0 atom stereocenters. The zero-order valence-electron chi connectivity index (χ0n) is 8.91. The minimum absolute atomic E-state index is 0.534. The molecular weight excluding hydrogens is 198 g/mol. The predicted octanol–water partition coefficient (Wildman–Crippen LogP) is 3.17. The van der Waals surface area contributed by atoms with Gasteiger partial charge in [0.15, 0.2) is 0 Å². The lowest BCUT2D eigenvalue weighted by Gasteiger charge is -2.00. The Morgan fingerprint density at radius 2 is 1.81 bits per heavy atom. The molecule has 2 nitrogen and oxygen atoms in total. The predicted molar refractivity (Wildman–Crippen MR) is 65.2 cm³/mol. The van der Waals surface area contributed by atoms with Crippen LogP contribution in [0.5, 0.6) is 5.88 Å². The topological polar surface area (TPSA) is 22.1 Å². The van der Waals surface area contributed by atoms with Gasteiger partial charge in [-0.2, -0.15) is 0 Å². The molecule has 0 radical (unpaired) electrons. The van der Waals surface area contributed by atoms with Crippen LogP contribution in [0.2, 0.25) is 0 Å². The second kappa shape index (κ2) is 5.71. The lowest BCUT2D eigenvalue weighted by atomic mass is 10.2. The van der Waals surface area contributed by atoms with Crippen LogP contribution < -0.4 is 4.74 Å². The third-order valence-corrected chi connectivity index (χ3v) is 2.08. The van der Waals surface area contributed by atoms with Crippen LogP contribution in [0.15, 0.2) is 60.8 Å². The number of hydrogen-bond acceptors (Lipinski definition) is 2. The number of benzene rings is 1. The number of pyridine rings is 1. The molecule has 0 aliphatic heterocycles. The molecule has 2 rings (SSSR count). The molecule has 0 spiro atoms. The molecule has 0 saturated heterocycles. The van der Waals surface area contributed by atoms with Gasteiger partial charge in [-0.1, -0.05) is 42.5 Å². The second-order valence-corrected chi connectivity index (χ2v) is 3.29. The maximum absolute atomic E-state index is 5.43. The standard InChI is InChI=1S/C14H13NO/c1-2-7-13(8-3-1)9-6-12-16-14-10-4-5-11-15-14/h1-11H,12H2. The van der Waals surface area contributed by atoms with Crippen molar-refractivity contribution in [3.8, 4) is 5.88 Å². The number of nitrogens with zero attached hydrogens (tertiary/aromatic N) is 1. The Morgan fingerprint density at radius 1 is 1.00 bits per heavy atom. The molecule has 0 amide bonds. The molecule has 0 N–H and O–H groups in total. The molecule has 0 saturated carbocycles. The first-order valence-corrected chi connectivity index (χ1v) is 5.20. The highest BCUT2D eigenvalue weighted by Crippen LogP contribution is 2.04. The number of aromatic nitrogens is 1. The summed E-state index contributed by atoms with van der Waals surface area (Å²) in [5, 5.41) is 0. The van der Waals surface area contributed by atoms with Crippen LogP contribution in [-0.4, -0.2) is 11.6 Å². The van der Waals surface area contributed by atoms with Gasteiger partial charge in [0.25, 0.3) is 0 Å². The second-order valence-electron chi connectivity index (χ2n) is 3.29. The third kappa shape index (κ3) is 3.24. The smallest absolute Gasteiger partial charge is 0.213 e. The Labute approximate surface area is 95.2 Å². The first-order chi connectivity index (χ1) is 7.95. The minimum atomic E-state index is 0.534. The molecule has 2 heteroatoms. The minimum Gasteiger partial charge on any atom is -0.473 e.